The molecule has 0 unspecified atom stereocenters. The van der Waals surface area contributed by atoms with Crippen LogP contribution in [0.2, 0.25) is 0 Å². The Hall–Kier alpha value is -4.12. The molecule has 0 fully saturated rings. The summed E-state index contributed by atoms with van der Waals surface area (Å²) < 4.78 is 7.85. The van der Waals surface area contributed by atoms with Gasteiger partial charge in [0.1, 0.15) is 5.75 Å². The zero-order valence-electron chi connectivity index (χ0n) is 22.4. The fourth-order valence-electron chi connectivity index (χ4n) is 4.32. The van der Waals surface area contributed by atoms with E-state index in [1.54, 1.807) is 24.3 Å². The molecule has 4 rings (SSSR count). The van der Waals surface area contributed by atoms with Crippen molar-refractivity contribution in [1.29, 1.82) is 0 Å². The Morgan fingerprint density at radius 2 is 1.46 bits per heavy atom. The molecule has 0 aliphatic rings. The third-order valence-corrected chi connectivity index (χ3v) is 6.52. The summed E-state index contributed by atoms with van der Waals surface area (Å²) in [6.07, 6.45) is 0. The molecule has 0 atom stereocenters. The van der Waals surface area contributed by atoms with Crippen molar-refractivity contribution in [3.05, 3.63) is 113 Å². The van der Waals surface area contributed by atoms with Gasteiger partial charge in [-0.2, -0.15) is 0 Å². The van der Waals surface area contributed by atoms with Crippen molar-refractivity contribution in [3.63, 3.8) is 0 Å². The number of Topliss-reactive ketones (excluding diaryl/α,β-unsaturated/α-hetero) is 1. The maximum Gasteiger partial charge on any atom is 0.255 e. The lowest BCUT2D eigenvalue weighted by molar-refractivity contribution is 0.0920. The van der Waals surface area contributed by atoms with Crippen molar-refractivity contribution in [2.24, 2.45) is 0 Å². The molecule has 0 radical (unpaired) electrons. The van der Waals surface area contributed by atoms with Crippen LogP contribution in [0.1, 0.15) is 64.0 Å². The van der Waals surface area contributed by atoms with Crippen LogP contribution in [0.15, 0.2) is 78.9 Å². The van der Waals surface area contributed by atoms with Gasteiger partial charge in [-0.05, 0) is 86.3 Å². The van der Waals surface area contributed by atoms with Gasteiger partial charge in [0.15, 0.2) is 6.61 Å². The molecule has 4 aromatic rings. The summed E-state index contributed by atoms with van der Waals surface area (Å²) in [4.78, 5) is 25.6. The molecule has 0 bridgehead atoms. The van der Waals surface area contributed by atoms with Gasteiger partial charge in [0.25, 0.3) is 5.91 Å². The van der Waals surface area contributed by atoms with Crippen molar-refractivity contribution in [2.75, 3.05) is 11.9 Å². The summed E-state index contributed by atoms with van der Waals surface area (Å²) in [5, 5.41) is 2.91. The van der Waals surface area contributed by atoms with E-state index in [4.69, 9.17) is 4.74 Å². The van der Waals surface area contributed by atoms with Crippen LogP contribution in [0.5, 0.6) is 5.75 Å². The van der Waals surface area contributed by atoms with Crippen LogP contribution in [0.25, 0.3) is 5.69 Å². The van der Waals surface area contributed by atoms with Crippen LogP contribution in [0, 0.1) is 20.8 Å². The van der Waals surface area contributed by atoms with Gasteiger partial charge in [-0.3, -0.25) is 9.59 Å². The van der Waals surface area contributed by atoms with E-state index in [1.165, 1.54) is 11.1 Å². The average molecular weight is 495 g/mol. The van der Waals surface area contributed by atoms with E-state index in [-0.39, 0.29) is 23.7 Å². The number of benzene rings is 3. The minimum Gasteiger partial charge on any atom is -0.485 e. The van der Waals surface area contributed by atoms with Crippen LogP contribution in [-0.4, -0.2) is 22.9 Å². The van der Waals surface area contributed by atoms with Crippen LogP contribution in [-0.2, 0) is 5.41 Å². The third-order valence-electron chi connectivity index (χ3n) is 6.52. The van der Waals surface area contributed by atoms with Crippen molar-refractivity contribution < 1.29 is 14.3 Å². The van der Waals surface area contributed by atoms with E-state index in [1.807, 2.05) is 44.2 Å². The predicted octanol–water partition coefficient (Wildman–Crippen LogP) is 7.21. The van der Waals surface area contributed by atoms with Crippen LogP contribution in [0.4, 0.5) is 5.69 Å². The highest BCUT2D eigenvalue weighted by Gasteiger charge is 2.18. The van der Waals surface area contributed by atoms with E-state index in [0.717, 1.165) is 17.1 Å². The van der Waals surface area contributed by atoms with Crippen LogP contribution >= 0.6 is 0 Å². The first-order chi connectivity index (χ1) is 17.5. The van der Waals surface area contributed by atoms with Gasteiger partial charge in [0, 0.05) is 33.9 Å². The Labute approximate surface area is 219 Å². The summed E-state index contributed by atoms with van der Waals surface area (Å²) in [5.74, 6) is 0.309. The number of hydrogen-bond donors (Lipinski definition) is 1. The largest absolute Gasteiger partial charge is 0.485 e. The van der Waals surface area contributed by atoms with Gasteiger partial charge in [-0.15, -0.1) is 0 Å². The third kappa shape index (κ3) is 6.00. The number of aryl methyl sites for hydroxylation is 2. The molecule has 1 heterocycles. The second-order valence-corrected chi connectivity index (χ2v) is 10.5. The maximum absolute atomic E-state index is 12.9. The molecule has 0 saturated heterocycles. The molecule has 5 heteroatoms. The second-order valence-electron chi connectivity index (χ2n) is 10.5. The molecule has 1 N–H and O–H groups in total. The normalized spacial score (nSPS) is 11.3. The second kappa shape index (κ2) is 10.5. The predicted molar refractivity (Wildman–Crippen MR) is 149 cm³/mol. The van der Waals surface area contributed by atoms with Crippen LogP contribution < -0.4 is 10.1 Å². The molecule has 190 valence electrons. The highest BCUT2D eigenvalue weighted by molar-refractivity contribution is 6.04. The number of amides is 1. The van der Waals surface area contributed by atoms with Gasteiger partial charge < -0.3 is 14.6 Å². The van der Waals surface area contributed by atoms with Gasteiger partial charge >= 0.3 is 0 Å². The summed E-state index contributed by atoms with van der Waals surface area (Å²) in [6, 6.07) is 24.8. The molecule has 0 spiro atoms. The van der Waals surface area contributed by atoms with Crippen molar-refractivity contribution in [3.8, 4) is 11.4 Å². The minimum atomic E-state index is -0.173. The lowest BCUT2D eigenvalue weighted by Gasteiger charge is -2.19. The summed E-state index contributed by atoms with van der Waals surface area (Å²) >= 11 is 0. The minimum absolute atomic E-state index is 0.0365. The number of anilines is 1. The number of nitrogens with zero attached hydrogens (tertiary/aromatic N) is 1. The van der Waals surface area contributed by atoms with Gasteiger partial charge in [-0.1, -0.05) is 50.6 Å². The summed E-state index contributed by atoms with van der Waals surface area (Å²) in [6.45, 7) is 12.4. The number of aromatic nitrogens is 1. The van der Waals surface area contributed by atoms with Gasteiger partial charge in [-0.25, -0.2) is 0 Å². The Bertz CT molecular complexity index is 1410. The maximum atomic E-state index is 12.9. The molecular formula is C32H34N2O3. The Morgan fingerprint density at radius 3 is 2.05 bits per heavy atom. The number of ketones is 1. The highest BCUT2D eigenvalue weighted by Crippen LogP contribution is 2.24. The number of rotatable bonds is 7. The molecule has 37 heavy (non-hydrogen) atoms. The average Bonchev–Trinajstić information content (AvgIpc) is 3.17. The zero-order chi connectivity index (χ0) is 26.7. The monoisotopic (exact) mass is 494 g/mol. The quantitative estimate of drug-likeness (QED) is 0.276. The first kappa shape index (κ1) is 26.0. The number of nitrogens with one attached hydrogen (secondary N) is 1. The van der Waals surface area contributed by atoms with Crippen molar-refractivity contribution >= 4 is 17.4 Å². The topological polar surface area (TPSA) is 60.3 Å². The standard InChI is InChI=1S/C32H34N2O3/c1-21-7-15-27(16-8-21)34-22(2)19-29(23(34)3)30(35)20-37-28-17-13-26(14-18-28)33-31(36)24-9-11-25(12-10-24)32(4,5)6/h7-19H,20H2,1-6H3,(H,33,36). The van der Waals surface area contributed by atoms with Gasteiger partial charge in [0.05, 0.1) is 0 Å². The molecule has 0 aliphatic carbocycles. The molecule has 1 aromatic heterocycles. The molecular weight excluding hydrogens is 460 g/mol. The number of carbonyl (C=O) groups excluding carboxylic acids is 2. The molecule has 3 aromatic carbocycles. The molecule has 0 saturated carbocycles. The lowest BCUT2D eigenvalue weighted by Crippen LogP contribution is -2.14. The van der Waals surface area contributed by atoms with E-state index in [9.17, 15) is 9.59 Å². The molecule has 0 aliphatic heterocycles. The molecule has 1 amide bonds. The van der Waals surface area contributed by atoms with Crippen molar-refractivity contribution in [2.45, 2.75) is 47.0 Å². The Morgan fingerprint density at radius 1 is 0.838 bits per heavy atom. The summed E-state index contributed by atoms with van der Waals surface area (Å²) in [7, 11) is 0. The summed E-state index contributed by atoms with van der Waals surface area (Å²) in [5.41, 5.74) is 7.24. The Balaban J connectivity index is 1.37. The fourth-order valence-corrected chi connectivity index (χ4v) is 4.32. The van der Waals surface area contributed by atoms with E-state index in [0.29, 0.717) is 22.6 Å². The van der Waals surface area contributed by atoms with Crippen LogP contribution in [0.3, 0.4) is 0 Å². The highest BCUT2D eigenvalue weighted by atomic mass is 16.5. The smallest absolute Gasteiger partial charge is 0.255 e. The van der Waals surface area contributed by atoms with Crippen molar-refractivity contribution in [1.82, 2.24) is 4.57 Å². The lowest BCUT2D eigenvalue weighted by atomic mass is 9.87. The fraction of sp³-hybridized carbons (Fsp3) is 0.250. The first-order valence-electron chi connectivity index (χ1n) is 12.5. The van der Waals surface area contributed by atoms with E-state index >= 15 is 0 Å². The number of carbonyl (C=O) groups is 2. The zero-order valence-corrected chi connectivity index (χ0v) is 22.4. The Kier molecular flexibility index (Phi) is 7.35. The number of ether oxygens (including phenoxy) is 1. The van der Waals surface area contributed by atoms with E-state index < -0.39 is 0 Å². The number of hydrogen-bond acceptors (Lipinski definition) is 3. The SMILES string of the molecule is Cc1ccc(-n2c(C)cc(C(=O)COc3ccc(NC(=O)c4ccc(C(C)(C)C)cc4)cc3)c2C)cc1. The molecule has 5 nitrogen and oxygen atoms in total. The van der Waals surface area contributed by atoms with Gasteiger partial charge in [0.2, 0.25) is 5.78 Å². The first-order valence-corrected chi connectivity index (χ1v) is 12.5. The van der Waals surface area contributed by atoms with E-state index in [2.05, 4.69) is 61.8 Å².